The zero-order valence-corrected chi connectivity index (χ0v) is 14.6. The molecule has 136 valence electrons. The van der Waals surface area contributed by atoms with Crippen LogP contribution in [0, 0.1) is 0 Å². The van der Waals surface area contributed by atoms with Gasteiger partial charge < -0.3 is 19.7 Å². The number of nitrogens with one attached hydrogen (secondary N) is 2. The molecule has 8 nitrogen and oxygen atoms in total. The van der Waals surface area contributed by atoms with E-state index in [9.17, 15) is 9.59 Å². The van der Waals surface area contributed by atoms with Gasteiger partial charge in [0.05, 0.1) is 20.3 Å². The molecule has 0 aliphatic carbocycles. The van der Waals surface area contributed by atoms with E-state index in [2.05, 4.69) is 15.6 Å². The average Bonchev–Trinajstić information content (AvgIpc) is 3.01. The first-order valence-corrected chi connectivity index (χ1v) is 8.11. The van der Waals surface area contributed by atoms with Crippen molar-refractivity contribution in [2.45, 2.75) is 12.5 Å². The van der Waals surface area contributed by atoms with Gasteiger partial charge in [0.2, 0.25) is 5.91 Å². The summed E-state index contributed by atoms with van der Waals surface area (Å²) in [5.74, 6) is 1.51. The number of pyridine rings is 1. The lowest BCUT2D eigenvalue weighted by Crippen LogP contribution is -2.39. The molecule has 3 rings (SSSR count). The zero-order valence-electron chi connectivity index (χ0n) is 14.6. The number of anilines is 2. The highest BCUT2D eigenvalue weighted by atomic mass is 16.5. The summed E-state index contributed by atoms with van der Waals surface area (Å²) < 4.78 is 10.5. The molecule has 2 heterocycles. The van der Waals surface area contributed by atoms with Crippen molar-refractivity contribution in [2.24, 2.45) is 0 Å². The van der Waals surface area contributed by atoms with Gasteiger partial charge >= 0.3 is 6.03 Å². The molecule has 1 fully saturated rings. The first-order valence-electron chi connectivity index (χ1n) is 8.11. The Bertz CT molecular complexity index is 797. The van der Waals surface area contributed by atoms with Crippen LogP contribution in [0.1, 0.15) is 6.42 Å². The van der Waals surface area contributed by atoms with Gasteiger partial charge in [-0.1, -0.05) is 6.07 Å². The van der Waals surface area contributed by atoms with Crippen molar-refractivity contribution >= 4 is 23.4 Å². The molecule has 1 aromatic carbocycles. The zero-order chi connectivity index (χ0) is 18.5. The number of amides is 3. The topological polar surface area (TPSA) is 92.8 Å². The lowest BCUT2D eigenvalue weighted by atomic mass is 10.2. The molecular weight excluding hydrogens is 336 g/mol. The number of ether oxygens (including phenoxy) is 2. The molecule has 0 radical (unpaired) electrons. The summed E-state index contributed by atoms with van der Waals surface area (Å²) in [5, 5.41) is 5.44. The molecule has 2 N–H and O–H groups in total. The average molecular weight is 356 g/mol. The number of benzene rings is 1. The summed E-state index contributed by atoms with van der Waals surface area (Å²) >= 11 is 0. The highest BCUT2D eigenvalue weighted by Crippen LogP contribution is 2.33. The highest BCUT2D eigenvalue weighted by molar-refractivity contribution is 5.97. The summed E-state index contributed by atoms with van der Waals surface area (Å²) in [4.78, 5) is 30.1. The van der Waals surface area contributed by atoms with E-state index in [1.165, 1.54) is 0 Å². The fourth-order valence-corrected chi connectivity index (χ4v) is 2.82. The van der Waals surface area contributed by atoms with Gasteiger partial charge in [-0.3, -0.25) is 10.1 Å². The molecule has 0 spiro atoms. The minimum Gasteiger partial charge on any atom is -0.493 e. The van der Waals surface area contributed by atoms with Crippen LogP contribution in [0.5, 0.6) is 11.5 Å². The lowest BCUT2D eigenvalue weighted by molar-refractivity contribution is -0.117. The molecule has 3 amide bonds. The summed E-state index contributed by atoms with van der Waals surface area (Å²) in [7, 11) is 3.10. The minimum absolute atomic E-state index is 0.0691. The van der Waals surface area contributed by atoms with E-state index in [1.54, 1.807) is 61.7 Å². The normalized spacial score (nSPS) is 16.3. The molecule has 8 heteroatoms. The molecule has 1 aliphatic heterocycles. The summed E-state index contributed by atoms with van der Waals surface area (Å²) in [6.45, 7) is 0.379. The lowest BCUT2D eigenvalue weighted by Gasteiger charge is -2.19. The second kappa shape index (κ2) is 7.73. The fraction of sp³-hybridized carbons (Fsp3) is 0.278. The predicted molar refractivity (Wildman–Crippen MR) is 96.7 cm³/mol. The monoisotopic (exact) mass is 356 g/mol. The fourth-order valence-electron chi connectivity index (χ4n) is 2.82. The first-order chi connectivity index (χ1) is 12.6. The minimum atomic E-state index is -0.393. The molecule has 0 bridgehead atoms. The van der Waals surface area contributed by atoms with Crippen molar-refractivity contribution in [3.63, 3.8) is 0 Å². The largest absolute Gasteiger partial charge is 0.493 e. The third-order valence-electron chi connectivity index (χ3n) is 4.05. The third-order valence-corrected chi connectivity index (χ3v) is 4.05. The van der Waals surface area contributed by atoms with E-state index in [-0.39, 0.29) is 18.4 Å². The number of nitrogens with zero attached hydrogens (tertiary/aromatic N) is 2. The molecule has 2 aromatic rings. The maximum atomic E-state index is 12.3. The summed E-state index contributed by atoms with van der Waals surface area (Å²) in [6.07, 6.45) is 1.82. The van der Waals surface area contributed by atoms with Crippen LogP contribution in [0.25, 0.3) is 0 Å². The first kappa shape index (κ1) is 17.5. The van der Waals surface area contributed by atoms with Crippen molar-refractivity contribution in [1.29, 1.82) is 0 Å². The maximum Gasteiger partial charge on any atom is 0.320 e. The van der Waals surface area contributed by atoms with Crippen molar-refractivity contribution in [3.05, 3.63) is 42.6 Å². The summed E-state index contributed by atoms with van der Waals surface area (Å²) in [6, 6.07) is 9.82. The maximum absolute atomic E-state index is 12.3. The van der Waals surface area contributed by atoms with Crippen LogP contribution in [-0.4, -0.2) is 43.7 Å². The van der Waals surface area contributed by atoms with Crippen molar-refractivity contribution < 1.29 is 19.1 Å². The van der Waals surface area contributed by atoms with E-state index in [0.29, 0.717) is 29.5 Å². The number of hydrogen-bond acceptors (Lipinski definition) is 5. The van der Waals surface area contributed by atoms with Crippen LogP contribution >= 0.6 is 0 Å². The van der Waals surface area contributed by atoms with Gasteiger partial charge in [0, 0.05) is 30.9 Å². The number of methoxy groups -OCH3 is 2. The van der Waals surface area contributed by atoms with Gasteiger partial charge in [-0.2, -0.15) is 0 Å². The Morgan fingerprint density at radius 3 is 2.69 bits per heavy atom. The smallest absolute Gasteiger partial charge is 0.320 e. The Morgan fingerprint density at radius 1 is 1.19 bits per heavy atom. The van der Waals surface area contributed by atoms with Crippen molar-refractivity contribution in [3.8, 4) is 11.5 Å². The standard InChI is InChI=1S/C18H20N4O4/c1-25-14-7-6-13(10-15(14)26-2)22-11-12(9-17(22)23)20-18(24)21-16-5-3-4-8-19-16/h3-8,10,12H,9,11H2,1-2H3,(H2,19,20,21,24). The van der Waals surface area contributed by atoms with E-state index >= 15 is 0 Å². The van der Waals surface area contributed by atoms with Gasteiger partial charge in [0.25, 0.3) is 0 Å². The number of urea groups is 1. The Hall–Kier alpha value is -3.29. The van der Waals surface area contributed by atoms with Crippen molar-refractivity contribution in [1.82, 2.24) is 10.3 Å². The van der Waals surface area contributed by atoms with Gasteiger partial charge in [0.15, 0.2) is 11.5 Å². The number of hydrogen-bond donors (Lipinski definition) is 2. The van der Waals surface area contributed by atoms with Crippen LogP contribution in [0.2, 0.25) is 0 Å². The second-order valence-electron chi connectivity index (χ2n) is 5.76. The van der Waals surface area contributed by atoms with Crippen LogP contribution in [0.3, 0.4) is 0 Å². The number of rotatable bonds is 5. The van der Waals surface area contributed by atoms with Gasteiger partial charge in [-0.25, -0.2) is 9.78 Å². The van der Waals surface area contributed by atoms with Crippen molar-refractivity contribution in [2.75, 3.05) is 31.0 Å². The highest BCUT2D eigenvalue weighted by Gasteiger charge is 2.32. The van der Waals surface area contributed by atoms with Gasteiger partial charge in [-0.15, -0.1) is 0 Å². The molecule has 1 aliphatic rings. The Kier molecular flexibility index (Phi) is 5.21. The third kappa shape index (κ3) is 3.85. The van der Waals surface area contributed by atoms with E-state index in [0.717, 1.165) is 0 Å². The van der Waals surface area contributed by atoms with Crippen LogP contribution in [0.4, 0.5) is 16.3 Å². The second-order valence-corrected chi connectivity index (χ2v) is 5.76. The summed E-state index contributed by atoms with van der Waals surface area (Å²) in [5.41, 5.74) is 0.696. The van der Waals surface area contributed by atoms with E-state index < -0.39 is 6.03 Å². The molecule has 1 aromatic heterocycles. The molecule has 1 saturated heterocycles. The number of carbonyl (C=O) groups excluding carboxylic acids is 2. The molecular formula is C18H20N4O4. The van der Waals surface area contributed by atoms with Crippen LogP contribution in [-0.2, 0) is 4.79 Å². The Labute approximate surface area is 151 Å². The van der Waals surface area contributed by atoms with Gasteiger partial charge in [-0.05, 0) is 24.3 Å². The molecule has 1 unspecified atom stereocenters. The predicted octanol–water partition coefficient (Wildman–Crippen LogP) is 2.03. The number of aromatic nitrogens is 1. The quantitative estimate of drug-likeness (QED) is 0.855. The Morgan fingerprint density at radius 2 is 2.00 bits per heavy atom. The number of carbonyl (C=O) groups is 2. The van der Waals surface area contributed by atoms with Crippen LogP contribution in [0.15, 0.2) is 42.6 Å². The van der Waals surface area contributed by atoms with Crippen LogP contribution < -0.4 is 25.0 Å². The molecule has 26 heavy (non-hydrogen) atoms. The van der Waals surface area contributed by atoms with E-state index in [4.69, 9.17) is 9.47 Å². The van der Waals surface area contributed by atoms with Gasteiger partial charge in [0.1, 0.15) is 5.82 Å². The molecule has 0 saturated carbocycles. The van der Waals surface area contributed by atoms with E-state index in [1.807, 2.05) is 0 Å². The molecule has 1 atom stereocenters. The SMILES string of the molecule is COc1ccc(N2CC(NC(=O)Nc3ccccn3)CC2=O)cc1OC. The Balaban J connectivity index is 1.64.